The van der Waals surface area contributed by atoms with E-state index in [4.69, 9.17) is 5.73 Å². The van der Waals surface area contributed by atoms with Crippen LogP contribution in [0.4, 0.5) is 0 Å². The first-order chi connectivity index (χ1) is 11.6. The molecule has 2 heterocycles. The average Bonchev–Trinajstić information content (AvgIpc) is 3.14. The molecule has 1 aromatic rings. The Labute approximate surface area is 167 Å². The standard InChI is InChI=1S/C18H26N4O2.2ClH/c19-17(15-6-2-1-3-7-15)18(24)22-12-10-21(11-13-22)16(23)14-20-8-4-5-9-20;;/h1-3,6-7,17H,4-5,8-14,19H2;2*1H. The molecule has 2 amide bonds. The van der Waals surface area contributed by atoms with Crippen LogP contribution in [0.25, 0.3) is 0 Å². The first kappa shape index (κ1) is 22.7. The minimum atomic E-state index is -0.627. The molecular weight excluding hydrogens is 375 g/mol. The van der Waals surface area contributed by atoms with Crippen molar-refractivity contribution in [2.45, 2.75) is 18.9 Å². The third-order valence-electron chi connectivity index (χ3n) is 4.93. The van der Waals surface area contributed by atoms with E-state index in [0.717, 1.165) is 18.7 Å². The van der Waals surface area contributed by atoms with Gasteiger partial charge < -0.3 is 15.5 Å². The van der Waals surface area contributed by atoms with Crippen LogP contribution in [0.15, 0.2) is 30.3 Å². The Morgan fingerprint density at radius 2 is 1.42 bits per heavy atom. The summed E-state index contributed by atoms with van der Waals surface area (Å²) in [6, 6.07) is 8.80. The first-order valence-electron chi connectivity index (χ1n) is 8.74. The van der Waals surface area contributed by atoms with Gasteiger partial charge in [-0.2, -0.15) is 0 Å². The highest BCUT2D eigenvalue weighted by Crippen LogP contribution is 2.15. The van der Waals surface area contributed by atoms with Crippen LogP contribution in [0.5, 0.6) is 0 Å². The largest absolute Gasteiger partial charge is 0.338 e. The molecule has 0 aliphatic carbocycles. The van der Waals surface area contributed by atoms with Crippen LogP contribution >= 0.6 is 24.8 Å². The van der Waals surface area contributed by atoms with Crippen LogP contribution in [0.2, 0.25) is 0 Å². The van der Waals surface area contributed by atoms with Crippen molar-refractivity contribution in [1.82, 2.24) is 14.7 Å². The van der Waals surface area contributed by atoms with E-state index < -0.39 is 6.04 Å². The second kappa shape index (κ2) is 10.7. The van der Waals surface area contributed by atoms with E-state index in [2.05, 4.69) is 4.90 Å². The van der Waals surface area contributed by atoms with E-state index in [9.17, 15) is 9.59 Å². The second-order valence-electron chi connectivity index (χ2n) is 6.58. The Morgan fingerprint density at radius 1 is 0.885 bits per heavy atom. The summed E-state index contributed by atoms with van der Waals surface area (Å²) in [5.74, 6) is 0.115. The first-order valence-corrected chi connectivity index (χ1v) is 8.74. The van der Waals surface area contributed by atoms with Crippen molar-refractivity contribution in [2.75, 3.05) is 45.8 Å². The molecule has 0 saturated carbocycles. The van der Waals surface area contributed by atoms with Crippen molar-refractivity contribution in [2.24, 2.45) is 5.73 Å². The molecule has 2 aliphatic rings. The zero-order chi connectivity index (χ0) is 16.9. The van der Waals surface area contributed by atoms with E-state index in [0.29, 0.717) is 32.7 Å². The molecule has 8 heteroatoms. The molecule has 0 bridgehead atoms. The third-order valence-corrected chi connectivity index (χ3v) is 4.93. The molecule has 0 spiro atoms. The lowest BCUT2D eigenvalue weighted by Crippen LogP contribution is -2.54. The van der Waals surface area contributed by atoms with Gasteiger partial charge in [-0.05, 0) is 31.5 Å². The fourth-order valence-corrected chi connectivity index (χ4v) is 3.41. The van der Waals surface area contributed by atoms with Gasteiger partial charge in [0.1, 0.15) is 6.04 Å². The number of rotatable bonds is 4. The van der Waals surface area contributed by atoms with E-state index >= 15 is 0 Å². The number of nitrogens with two attached hydrogens (primary N) is 1. The molecule has 2 aliphatic heterocycles. The highest BCUT2D eigenvalue weighted by atomic mass is 35.5. The maximum Gasteiger partial charge on any atom is 0.244 e. The summed E-state index contributed by atoms with van der Waals surface area (Å²) in [4.78, 5) is 30.7. The maximum atomic E-state index is 12.5. The highest BCUT2D eigenvalue weighted by molar-refractivity contribution is 5.85. The summed E-state index contributed by atoms with van der Waals surface area (Å²) in [6.45, 7) is 4.87. The van der Waals surface area contributed by atoms with Gasteiger partial charge in [0.25, 0.3) is 0 Å². The minimum Gasteiger partial charge on any atom is -0.338 e. The number of halogens is 2. The van der Waals surface area contributed by atoms with Gasteiger partial charge in [-0.15, -0.1) is 24.8 Å². The topological polar surface area (TPSA) is 69.9 Å². The molecule has 1 aromatic carbocycles. The highest BCUT2D eigenvalue weighted by Gasteiger charge is 2.28. The number of likely N-dealkylation sites (tertiary alicyclic amines) is 1. The molecule has 146 valence electrons. The summed E-state index contributed by atoms with van der Waals surface area (Å²) in [5.41, 5.74) is 6.92. The minimum absolute atomic E-state index is 0. The summed E-state index contributed by atoms with van der Waals surface area (Å²) in [7, 11) is 0. The predicted molar refractivity (Wildman–Crippen MR) is 107 cm³/mol. The lowest BCUT2D eigenvalue weighted by molar-refractivity contribution is -0.140. The Bertz CT molecular complexity index is 574. The van der Waals surface area contributed by atoms with Crippen molar-refractivity contribution in [3.05, 3.63) is 35.9 Å². The van der Waals surface area contributed by atoms with Gasteiger partial charge in [0.05, 0.1) is 6.54 Å². The molecular formula is C18H28Cl2N4O2. The monoisotopic (exact) mass is 402 g/mol. The molecule has 1 unspecified atom stereocenters. The van der Waals surface area contributed by atoms with Gasteiger partial charge in [0, 0.05) is 26.2 Å². The summed E-state index contributed by atoms with van der Waals surface area (Å²) >= 11 is 0. The van der Waals surface area contributed by atoms with Crippen LogP contribution in [-0.2, 0) is 9.59 Å². The zero-order valence-electron chi connectivity index (χ0n) is 14.9. The number of carbonyl (C=O) groups is 2. The van der Waals surface area contributed by atoms with Gasteiger partial charge in [0.2, 0.25) is 11.8 Å². The van der Waals surface area contributed by atoms with Gasteiger partial charge >= 0.3 is 0 Å². The molecule has 0 radical (unpaired) electrons. The molecule has 2 saturated heterocycles. The van der Waals surface area contributed by atoms with Crippen molar-refractivity contribution in [1.29, 1.82) is 0 Å². The van der Waals surface area contributed by atoms with E-state index in [1.165, 1.54) is 12.8 Å². The number of benzene rings is 1. The van der Waals surface area contributed by atoms with Gasteiger partial charge in [-0.25, -0.2) is 0 Å². The quantitative estimate of drug-likeness (QED) is 0.823. The average molecular weight is 403 g/mol. The molecule has 1 atom stereocenters. The Hall–Kier alpha value is -1.34. The smallest absolute Gasteiger partial charge is 0.244 e. The molecule has 2 N–H and O–H groups in total. The van der Waals surface area contributed by atoms with Crippen molar-refractivity contribution >= 4 is 36.6 Å². The number of amides is 2. The van der Waals surface area contributed by atoms with Crippen molar-refractivity contribution in [3.8, 4) is 0 Å². The van der Waals surface area contributed by atoms with Crippen molar-refractivity contribution in [3.63, 3.8) is 0 Å². The van der Waals surface area contributed by atoms with Crippen LogP contribution in [0, 0.1) is 0 Å². The number of hydrogen-bond acceptors (Lipinski definition) is 4. The Kier molecular flexibility index (Phi) is 9.36. The van der Waals surface area contributed by atoms with Crippen LogP contribution in [0.3, 0.4) is 0 Å². The lowest BCUT2D eigenvalue weighted by atomic mass is 10.1. The molecule has 0 aromatic heterocycles. The van der Waals surface area contributed by atoms with Gasteiger partial charge in [-0.1, -0.05) is 30.3 Å². The van der Waals surface area contributed by atoms with E-state index in [-0.39, 0.29) is 36.6 Å². The van der Waals surface area contributed by atoms with E-state index in [1.54, 1.807) is 4.90 Å². The summed E-state index contributed by atoms with van der Waals surface area (Å²) in [6.07, 6.45) is 2.37. The lowest BCUT2D eigenvalue weighted by Gasteiger charge is -2.36. The predicted octanol–water partition coefficient (Wildman–Crippen LogP) is 1.30. The fraction of sp³-hybridized carbons (Fsp3) is 0.556. The van der Waals surface area contributed by atoms with Gasteiger partial charge in [0.15, 0.2) is 0 Å². The maximum absolute atomic E-state index is 12.5. The number of hydrogen-bond donors (Lipinski definition) is 1. The third kappa shape index (κ3) is 5.58. The molecule has 3 rings (SSSR count). The normalized spacial score (nSPS) is 18.7. The van der Waals surface area contributed by atoms with Crippen LogP contribution in [-0.4, -0.2) is 72.3 Å². The number of carbonyl (C=O) groups excluding carboxylic acids is 2. The van der Waals surface area contributed by atoms with Gasteiger partial charge in [-0.3, -0.25) is 14.5 Å². The second-order valence-corrected chi connectivity index (χ2v) is 6.58. The molecule has 26 heavy (non-hydrogen) atoms. The van der Waals surface area contributed by atoms with Crippen molar-refractivity contribution < 1.29 is 9.59 Å². The molecule has 2 fully saturated rings. The molecule has 6 nitrogen and oxygen atoms in total. The summed E-state index contributed by atoms with van der Waals surface area (Å²) < 4.78 is 0. The Morgan fingerprint density at radius 3 is 2.00 bits per heavy atom. The van der Waals surface area contributed by atoms with Crippen LogP contribution in [0.1, 0.15) is 24.4 Å². The van der Waals surface area contributed by atoms with Crippen LogP contribution < -0.4 is 5.73 Å². The zero-order valence-corrected chi connectivity index (χ0v) is 16.5. The Balaban J connectivity index is 0.00000169. The summed E-state index contributed by atoms with van der Waals surface area (Å²) in [5, 5.41) is 0. The number of nitrogens with zero attached hydrogens (tertiary/aromatic N) is 3. The number of piperazine rings is 1. The SMILES string of the molecule is Cl.Cl.NC(C(=O)N1CCN(C(=O)CN2CCCC2)CC1)c1ccccc1. The fourth-order valence-electron chi connectivity index (χ4n) is 3.41. The van der Waals surface area contributed by atoms with E-state index in [1.807, 2.05) is 35.2 Å².